The SMILES string of the molecule is CCn1ccnc1NCc1ccc(F)cc1F. The first-order chi connectivity index (χ1) is 8.20. The van der Waals surface area contributed by atoms with Gasteiger partial charge in [-0.15, -0.1) is 0 Å². The van der Waals surface area contributed by atoms with E-state index in [1.165, 1.54) is 12.1 Å². The summed E-state index contributed by atoms with van der Waals surface area (Å²) in [6.45, 7) is 3.06. The molecule has 5 heteroatoms. The first-order valence-corrected chi connectivity index (χ1v) is 5.39. The number of hydrogen-bond donors (Lipinski definition) is 1. The number of hydrogen-bond acceptors (Lipinski definition) is 2. The average Bonchev–Trinajstić information content (AvgIpc) is 2.75. The lowest BCUT2D eigenvalue weighted by molar-refractivity contribution is 0.573. The minimum absolute atomic E-state index is 0.281. The Labute approximate surface area is 98.1 Å². The number of nitrogens with zero attached hydrogens (tertiary/aromatic N) is 2. The summed E-state index contributed by atoms with van der Waals surface area (Å²) >= 11 is 0. The molecule has 1 aromatic carbocycles. The maximum absolute atomic E-state index is 13.4. The van der Waals surface area contributed by atoms with Crippen LogP contribution in [0.15, 0.2) is 30.6 Å². The molecular weight excluding hydrogens is 224 g/mol. The molecule has 0 atom stereocenters. The Kier molecular flexibility index (Phi) is 3.37. The highest BCUT2D eigenvalue weighted by atomic mass is 19.1. The van der Waals surface area contributed by atoms with Crippen LogP contribution in [0.1, 0.15) is 12.5 Å². The molecule has 0 saturated carbocycles. The molecule has 17 heavy (non-hydrogen) atoms. The maximum atomic E-state index is 13.4. The van der Waals surface area contributed by atoms with Gasteiger partial charge in [0, 0.05) is 37.1 Å². The van der Waals surface area contributed by atoms with Crippen molar-refractivity contribution in [2.75, 3.05) is 5.32 Å². The third-order valence-corrected chi connectivity index (χ3v) is 2.51. The van der Waals surface area contributed by atoms with E-state index >= 15 is 0 Å². The lowest BCUT2D eigenvalue weighted by Crippen LogP contribution is -2.07. The van der Waals surface area contributed by atoms with Crippen LogP contribution in [0.4, 0.5) is 14.7 Å². The fourth-order valence-electron chi connectivity index (χ4n) is 1.57. The van der Waals surface area contributed by atoms with Gasteiger partial charge in [0.1, 0.15) is 11.6 Å². The topological polar surface area (TPSA) is 29.9 Å². The van der Waals surface area contributed by atoms with Crippen LogP contribution in [-0.4, -0.2) is 9.55 Å². The monoisotopic (exact) mass is 237 g/mol. The normalized spacial score (nSPS) is 10.5. The van der Waals surface area contributed by atoms with Gasteiger partial charge in [0.15, 0.2) is 0 Å². The first kappa shape index (κ1) is 11.6. The third-order valence-electron chi connectivity index (χ3n) is 2.51. The number of nitrogens with one attached hydrogen (secondary N) is 1. The van der Waals surface area contributed by atoms with Crippen LogP contribution < -0.4 is 5.32 Å². The number of anilines is 1. The summed E-state index contributed by atoms with van der Waals surface area (Å²) in [6.07, 6.45) is 3.51. The molecule has 1 heterocycles. The molecule has 0 aliphatic heterocycles. The number of aromatic nitrogens is 2. The molecule has 0 aliphatic carbocycles. The minimum Gasteiger partial charge on any atom is -0.351 e. The quantitative estimate of drug-likeness (QED) is 0.886. The summed E-state index contributed by atoms with van der Waals surface area (Å²) in [5.74, 6) is -0.440. The van der Waals surface area contributed by atoms with E-state index in [1.807, 2.05) is 17.7 Å². The molecule has 0 unspecified atom stereocenters. The van der Waals surface area contributed by atoms with Crippen molar-refractivity contribution in [2.45, 2.75) is 20.0 Å². The maximum Gasteiger partial charge on any atom is 0.203 e. The molecule has 0 saturated heterocycles. The number of rotatable bonds is 4. The minimum atomic E-state index is -0.568. The second kappa shape index (κ2) is 4.95. The van der Waals surface area contributed by atoms with Crippen molar-refractivity contribution in [3.8, 4) is 0 Å². The second-order valence-electron chi connectivity index (χ2n) is 3.63. The van der Waals surface area contributed by atoms with Crippen LogP contribution in [-0.2, 0) is 13.1 Å². The van der Waals surface area contributed by atoms with Crippen LogP contribution >= 0.6 is 0 Å². The molecule has 1 N–H and O–H groups in total. The van der Waals surface area contributed by atoms with Gasteiger partial charge in [-0.3, -0.25) is 0 Å². The fourth-order valence-corrected chi connectivity index (χ4v) is 1.57. The molecule has 0 radical (unpaired) electrons. The van der Waals surface area contributed by atoms with E-state index in [4.69, 9.17) is 0 Å². The number of benzene rings is 1. The largest absolute Gasteiger partial charge is 0.351 e. The molecule has 0 spiro atoms. The van der Waals surface area contributed by atoms with Gasteiger partial charge >= 0.3 is 0 Å². The van der Waals surface area contributed by atoms with Gasteiger partial charge < -0.3 is 9.88 Å². The molecule has 3 nitrogen and oxygen atoms in total. The zero-order valence-corrected chi connectivity index (χ0v) is 9.45. The van der Waals surface area contributed by atoms with E-state index < -0.39 is 11.6 Å². The summed E-state index contributed by atoms with van der Waals surface area (Å²) in [7, 11) is 0. The van der Waals surface area contributed by atoms with Crippen molar-refractivity contribution < 1.29 is 8.78 Å². The first-order valence-electron chi connectivity index (χ1n) is 5.39. The van der Waals surface area contributed by atoms with Crippen molar-refractivity contribution in [3.05, 3.63) is 47.8 Å². The van der Waals surface area contributed by atoms with Gasteiger partial charge in [0.05, 0.1) is 0 Å². The Morgan fingerprint density at radius 2 is 2.18 bits per heavy atom. The smallest absolute Gasteiger partial charge is 0.203 e. The van der Waals surface area contributed by atoms with E-state index in [2.05, 4.69) is 10.3 Å². The highest BCUT2D eigenvalue weighted by molar-refractivity contribution is 5.29. The Bertz CT molecular complexity index is 508. The average molecular weight is 237 g/mol. The lowest BCUT2D eigenvalue weighted by atomic mass is 10.2. The number of halogens is 2. The molecular formula is C12H13F2N3. The van der Waals surface area contributed by atoms with Crippen molar-refractivity contribution >= 4 is 5.95 Å². The molecule has 0 fully saturated rings. The van der Waals surface area contributed by atoms with Crippen molar-refractivity contribution in [3.63, 3.8) is 0 Å². The predicted octanol–water partition coefficient (Wildman–Crippen LogP) is 2.79. The van der Waals surface area contributed by atoms with Gasteiger partial charge in [-0.1, -0.05) is 6.07 Å². The molecule has 2 aromatic rings. The Hall–Kier alpha value is -1.91. The van der Waals surface area contributed by atoms with Gasteiger partial charge in [-0.25, -0.2) is 13.8 Å². The number of imidazole rings is 1. The summed E-state index contributed by atoms with van der Waals surface area (Å²) in [4.78, 5) is 4.10. The number of aryl methyl sites for hydroxylation is 1. The Morgan fingerprint density at radius 3 is 2.88 bits per heavy atom. The van der Waals surface area contributed by atoms with Crippen molar-refractivity contribution in [1.29, 1.82) is 0 Å². The van der Waals surface area contributed by atoms with Crippen LogP contribution in [0.5, 0.6) is 0 Å². The van der Waals surface area contributed by atoms with Crippen LogP contribution in [0, 0.1) is 11.6 Å². The lowest BCUT2D eigenvalue weighted by Gasteiger charge is -2.08. The van der Waals surface area contributed by atoms with Gasteiger partial charge in [0.25, 0.3) is 0 Å². The predicted molar refractivity (Wildman–Crippen MR) is 61.6 cm³/mol. The van der Waals surface area contributed by atoms with Gasteiger partial charge in [-0.2, -0.15) is 0 Å². The van der Waals surface area contributed by atoms with E-state index in [0.29, 0.717) is 11.5 Å². The zero-order chi connectivity index (χ0) is 12.3. The summed E-state index contributed by atoms with van der Waals surface area (Å²) < 4.78 is 28.0. The second-order valence-corrected chi connectivity index (χ2v) is 3.63. The summed E-state index contributed by atoms with van der Waals surface area (Å²) in [6, 6.07) is 3.55. The molecule has 0 aliphatic rings. The van der Waals surface area contributed by atoms with E-state index in [9.17, 15) is 8.78 Å². The summed E-state index contributed by atoms with van der Waals surface area (Å²) in [5, 5.41) is 3.01. The molecule has 0 bridgehead atoms. The van der Waals surface area contributed by atoms with Gasteiger partial charge in [-0.05, 0) is 13.0 Å². The van der Waals surface area contributed by atoms with Crippen molar-refractivity contribution in [2.24, 2.45) is 0 Å². The standard InChI is InChI=1S/C12H13F2N3/c1-2-17-6-5-15-12(17)16-8-9-3-4-10(13)7-11(9)14/h3-7H,2,8H2,1H3,(H,15,16). The van der Waals surface area contributed by atoms with Crippen LogP contribution in [0.2, 0.25) is 0 Å². The van der Waals surface area contributed by atoms with Crippen LogP contribution in [0.25, 0.3) is 0 Å². The highest BCUT2D eigenvalue weighted by Gasteiger charge is 2.05. The zero-order valence-electron chi connectivity index (χ0n) is 9.45. The molecule has 0 amide bonds. The Morgan fingerprint density at radius 1 is 1.35 bits per heavy atom. The summed E-state index contributed by atoms with van der Waals surface area (Å²) in [5.41, 5.74) is 0.414. The van der Waals surface area contributed by atoms with Gasteiger partial charge in [0.2, 0.25) is 5.95 Å². The molecule has 90 valence electrons. The van der Waals surface area contributed by atoms with E-state index in [-0.39, 0.29) is 6.54 Å². The Balaban J connectivity index is 2.07. The highest BCUT2D eigenvalue weighted by Crippen LogP contribution is 2.12. The van der Waals surface area contributed by atoms with E-state index in [1.54, 1.807) is 6.20 Å². The van der Waals surface area contributed by atoms with Crippen molar-refractivity contribution in [1.82, 2.24) is 9.55 Å². The third kappa shape index (κ3) is 2.61. The van der Waals surface area contributed by atoms with Crippen LogP contribution in [0.3, 0.4) is 0 Å². The molecule has 2 rings (SSSR count). The fraction of sp³-hybridized carbons (Fsp3) is 0.250. The molecule has 1 aromatic heterocycles. The van der Waals surface area contributed by atoms with E-state index in [0.717, 1.165) is 12.6 Å².